The highest BCUT2D eigenvalue weighted by Gasteiger charge is 2.20. The Kier molecular flexibility index (Phi) is 4.01. The number of benzene rings is 3. The first-order valence-corrected chi connectivity index (χ1v) is 10.7. The van der Waals surface area contributed by atoms with Gasteiger partial charge < -0.3 is 0 Å². The van der Waals surface area contributed by atoms with Crippen LogP contribution in [-0.4, -0.2) is 0 Å². The summed E-state index contributed by atoms with van der Waals surface area (Å²) in [5.74, 6) is 0. The fraction of sp³-hybridized carbons (Fsp3) is 0. The number of thioether (sulfide) groups is 3. The summed E-state index contributed by atoms with van der Waals surface area (Å²) in [6, 6.07) is 22.1. The normalized spacial score (nSPS) is 15.8. The summed E-state index contributed by atoms with van der Waals surface area (Å²) in [4.78, 5) is 2.72. The minimum Gasteiger partial charge on any atom is -0.106 e. The van der Waals surface area contributed by atoms with E-state index < -0.39 is 0 Å². The average Bonchev–Trinajstić information content (AvgIpc) is 3.11. The van der Waals surface area contributed by atoms with Crippen LogP contribution in [0.4, 0.5) is 0 Å². The van der Waals surface area contributed by atoms with Crippen LogP contribution in [0.1, 0.15) is 0 Å². The van der Waals surface area contributed by atoms with E-state index in [0.29, 0.717) is 0 Å². The monoisotopic (exact) mass is 374 g/mol. The van der Waals surface area contributed by atoms with Gasteiger partial charge in [-0.1, -0.05) is 66.0 Å². The summed E-state index contributed by atoms with van der Waals surface area (Å²) in [6.45, 7) is 0. The fourth-order valence-electron chi connectivity index (χ4n) is 3.02. The van der Waals surface area contributed by atoms with Gasteiger partial charge in [-0.15, -0.1) is 11.8 Å². The van der Waals surface area contributed by atoms with Gasteiger partial charge in [0.25, 0.3) is 0 Å². The molecule has 0 fully saturated rings. The topological polar surface area (TPSA) is 0 Å². The van der Waals surface area contributed by atoms with E-state index in [0.717, 1.165) is 0 Å². The maximum absolute atomic E-state index is 2.33. The van der Waals surface area contributed by atoms with Gasteiger partial charge in [0, 0.05) is 9.79 Å². The summed E-state index contributed by atoms with van der Waals surface area (Å²) < 4.78 is 1.37. The zero-order chi connectivity index (χ0) is 16.6. The molecule has 2 aliphatic rings. The molecule has 0 bridgehead atoms. The first-order valence-electron chi connectivity index (χ1n) is 8.09. The Morgan fingerprint density at radius 2 is 1.32 bits per heavy atom. The van der Waals surface area contributed by atoms with Crippen LogP contribution in [0.3, 0.4) is 0 Å². The van der Waals surface area contributed by atoms with Gasteiger partial charge in [-0.25, -0.2) is 0 Å². The van der Waals surface area contributed by atoms with E-state index in [2.05, 4.69) is 83.6 Å². The van der Waals surface area contributed by atoms with Crippen LogP contribution >= 0.6 is 35.3 Å². The number of hydrogen-bond donors (Lipinski definition) is 0. The van der Waals surface area contributed by atoms with Crippen LogP contribution in [0, 0.1) is 0 Å². The molecule has 3 heteroatoms. The van der Waals surface area contributed by atoms with E-state index in [4.69, 9.17) is 0 Å². The fourth-order valence-corrected chi connectivity index (χ4v) is 6.08. The Hall–Kier alpha value is -1.81. The van der Waals surface area contributed by atoms with Crippen molar-refractivity contribution in [2.45, 2.75) is 9.79 Å². The lowest BCUT2D eigenvalue weighted by molar-refractivity contribution is 1.27. The molecule has 0 saturated carbocycles. The molecule has 0 aromatic heterocycles. The molecule has 0 atom stereocenters. The van der Waals surface area contributed by atoms with Crippen LogP contribution in [0.15, 0.2) is 103 Å². The van der Waals surface area contributed by atoms with Crippen molar-refractivity contribution in [1.29, 1.82) is 0 Å². The molecule has 0 radical (unpaired) electrons. The standard InChI is InChI=1S/C22H14S3/c1-2-4-17-13-18(6-5-15(17)3-1)19-7-8-20-21(14-19)25-22(24-20)16-9-11-23-12-10-16/h1-14H. The van der Waals surface area contributed by atoms with Crippen molar-refractivity contribution in [2.75, 3.05) is 0 Å². The Labute approximate surface area is 160 Å². The third-order valence-corrected chi connectivity index (χ3v) is 7.51. The van der Waals surface area contributed by atoms with Crippen LogP contribution in [-0.2, 0) is 0 Å². The van der Waals surface area contributed by atoms with Gasteiger partial charge in [-0.05, 0) is 68.6 Å². The molecule has 0 N–H and O–H groups in total. The summed E-state index contributed by atoms with van der Waals surface area (Å²) in [5.41, 5.74) is 3.88. The molecule has 25 heavy (non-hydrogen) atoms. The molecule has 0 nitrogen and oxygen atoms in total. The van der Waals surface area contributed by atoms with Crippen LogP contribution in [0.5, 0.6) is 0 Å². The number of fused-ring (bicyclic) bond motifs is 2. The van der Waals surface area contributed by atoms with Crippen LogP contribution in [0.25, 0.3) is 21.9 Å². The summed E-state index contributed by atoms with van der Waals surface area (Å²) in [6.07, 6.45) is 4.41. The highest BCUT2D eigenvalue weighted by molar-refractivity contribution is 8.24. The summed E-state index contributed by atoms with van der Waals surface area (Å²) in [7, 11) is 0. The van der Waals surface area contributed by atoms with Crippen LogP contribution in [0.2, 0.25) is 0 Å². The molecule has 5 rings (SSSR count). The molecule has 120 valence electrons. The predicted octanol–water partition coefficient (Wildman–Crippen LogP) is 7.69. The predicted molar refractivity (Wildman–Crippen MR) is 114 cm³/mol. The molecule has 3 aromatic rings. The molecule has 2 aliphatic heterocycles. The zero-order valence-corrected chi connectivity index (χ0v) is 15.8. The van der Waals surface area contributed by atoms with E-state index in [1.807, 2.05) is 23.5 Å². The molecule has 0 unspecified atom stereocenters. The van der Waals surface area contributed by atoms with Crippen molar-refractivity contribution in [3.8, 4) is 11.1 Å². The van der Waals surface area contributed by atoms with Gasteiger partial charge in [0.05, 0.1) is 4.24 Å². The molecular weight excluding hydrogens is 360 g/mol. The van der Waals surface area contributed by atoms with E-state index in [1.54, 1.807) is 11.8 Å². The maximum atomic E-state index is 2.33. The van der Waals surface area contributed by atoms with Crippen molar-refractivity contribution in [3.05, 3.63) is 93.4 Å². The third-order valence-electron chi connectivity index (χ3n) is 4.32. The lowest BCUT2D eigenvalue weighted by Gasteiger charge is -2.06. The van der Waals surface area contributed by atoms with Crippen molar-refractivity contribution in [3.63, 3.8) is 0 Å². The quantitative estimate of drug-likeness (QED) is 0.428. The van der Waals surface area contributed by atoms with Gasteiger partial charge >= 0.3 is 0 Å². The first-order chi connectivity index (χ1) is 12.4. The molecule has 3 aromatic carbocycles. The Morgan fingerprint density at radius 1 is 0.600 bits per heavy atom. The summed E-state index contributed by atoms with van der Waals surface area (Å²) >= 11 is 5.49. The molecule has 0 saturated heterocycles. The first kappa shape index (κ1) is 15.4. The number of allylic oxidation sites excluding steroid dienone is 3. The third kappa shape index (κ3) is 2.97. The average molecular weight is 375 g/mol. The van der Waals surface area contributed by atoms with Gasteiger partial charge in [0.2, 0.25) is 0 Å². The van der Waals surface area contributed by atoms with Crippen molar-refractivity contribution in [1.82, 2.24) is 0 Å². The van der Waals surface area contributed by atoms with E-state index >= 15 is 0 Å². The molecule has 0 aliphatic carbocycles. The van der Waals surface area contributed by atoms with E-state index in [-0.39, 0.29) is 0 Å². The number of hydrogen-bond acceptors (Lipinski definition) is 3. The second-order valence-corrected chi connectivity index (χ2v) is 9.09. The van der Waals surface area contributed by atoms with Gasteiger partial charge in [0.1, 0.15) is 0 Å². The maximum Gasteiger partial charge on any atom is 0.0572 e. The number of rotatable bonds is 1. The molecule has 0 spiro atoms. The Bertz CT molecular complexity index is 1060. The smallest absolute Gasteiger partial charge is 0.0572 e. The highest BCUT2D eigenvalue weighted by Crippen LogP contribution is 2.53. The molecule has 2 heterocycles. The van der Waals surface area contributed by atoms with Crippen molar-refractivity contribution < 1.29 is 0 Å². The van der Waals surface area contributed by atoms with Crippen LogP contribution < -0.4 is 0 Å². The zero-order valence-electron chi connectivity index (χ0n) is 13.3. The van der Waals surface area contributed by atoms with Crippen molar-refractivity contribution in [2.24, 2.45) is 0 Å². The SMILES string of the molecule is C1=CC(=C2Sc3ccc(-c4ccc5ccccc5c4)cc3S2)C=CS1. The Morgan fingerprint density at radius 3 is 2.20 bits per heavy atom. The van der Waals surface area contributed by atoms with Crippen molar-refractivity contribution >= 4 is 46.1 Å². The van der Waals surface area contributed by atoms with Gasteiger partial charge in [-0.2, -0.15) is 0 Å². The Balaban J connectivity index is 1.53. The molecular formula is C22H14S3. The highest BCUT2D eigenvalue weighted by atomic mass is 32.2. The summed E-state index contributed by atoms with van der Waals surface area (Å²) in [5, 5.41) is 6.87. The largest absolute Gasteiger partial charge is 0.106 e. The van der Waals surface area contributed by atoms with E-state index in [9.17, 15) is 0 Å². The minimum absolute atomic E-state index is 1.28. The van der Waals surface area contributed by atoms with Gasteiger partial charge in [0.15, 0.2) is 0 Å². The minimum atomic E-state index is 1.28. The van der Waals surface area contributed by atoms with E-state index in [1.165, 1.54) is 41.5 Å². The molecule has 0 amide bonds. The second-order valence-electron chi connectivity index (χ2n) is 5.91. The second kappa shape index (κ2) is 6.49. The lowest BCUT2D eigenvalue weighted by Crippen LogP contribution is -1.80. The lowest BCUT2D eigenvalue weighted by atomic mass is 10.0. The van der Waals surface area contributed by atoms with Gasteiger partial charge in [-0.3, -0.25) is 0 Å².